The minimum atomic E-state index is -4.31. The summed E-state index contributed by atoms with van der Waals surface area (Å²) in [6, 6.07) is 7.21. The third kappa shape index (κ3) is 7.10. The third-order valence-electron chi connectivity index (χ3n) is 6.48. The highest BCUT2D eigenvalue weighted by atomic mass is 35.5. The molecule has 1 aromatic carbocycles. The minimum absolute atomic E-state index is 0.00905. The number of hydrogen-bond donors (Lipinski definition) is 2. The molecule has 38 heavy (non-hydrogen) atoms. The van der Waals surface area contributed by atoms with Crippen LogP contribution in [-0.4, -0.2) is 39.7 Å². The number of nitrogens with one attached hydrogen (secondary N) is 1. The molecule has 2 atom stereocenters. The number of rotatable bonds is 9. The number of carboxylic acids is 1. The zero-order valence-electron chi connectivity index (χ0n) is 20.5. The van der Waals surface area contributed by atoms with E-state index in [1.807, 2.05) is 18.2 Å². The average Bonchev–Trinajstić information content (AvgIpc) is 2.89. The summed E-state index contributed by atoms with van der Waals surface area (Å²) in [7, 11) is 0. The molecule has 2 aromatic rings. The van der Waals surface area contributed by atoms with Crippen molar-refractivity contribution in [2.24, 2.45) is 11.8 Å². The Morgan fingerprint density at radius 2 is 1.82 bits per heavy atom. The molecular weight excluding hydrogens is 519 g/mol. The van der Waals surface area contributed by atoms with Crippen molar-refractivity contribution in [2.45, 2.75) is 44.7 Å². The monoisotopic (exact) mass is 545 g/mol. The Kier molecular flexibility index (Phi) is 8.66. The van der Waals surface area contributed by atoms with Crippen molar-refractivity contribution in [3.8, 4) is 11.3 Å². The van der Waals surface area contributed by atoms with Crippen LogP contribution in [0.3, 0.4) is 0 Å². The summed E-state index contributed by atoms with van der Waals surface area (Å²) in [5.74, 6) is -3.24. The number of aryl methyl sites for hydroxylation is 1. The Morgan fingerprint density at radius 1 is 1.05 bits per heavy atom. The van der Waals surface area contributed by atoms with Gasteiger partial charge in [0.2, 0.25) is 5.91 Å². The zero-order chi connectivity index (χ0) is 27.3. The second kappa shape index (κ2) is 11.9. The molecule has 0 radical (unpaired) electrons. The molecule has 0 fully saturated rings. The zero-order valence-corrected chi connectivity index (χ0v) is 21.2. The Hall–Kier alpha value is -3.46. The van der Waals surface area contributed by atoms with Crippen LogP contribution in [0.5, 0.6) is 0 Å². The maximum Gasteiger partial charge on any atom is 0.395 e. The lowest BCUT2D eigenvalue weighted by Crippen LogP contribution is -2.40. The molecule has 0 bridgehead atoms. The van der Waals surface area contributed by atoms with Crippen LogP contribution >= 0.6 is 11.6 Å². The highest BCUT2D eigenvalue weighted by molar-refractivity contribution is 6.30. The summed E-state index contributed by atoms with van der Waals surface area (Å²) in [6.07, 6.45) is 5.44. The first-order valence-electron chi connectivity index (χ1n) is 12.4. The molecule has 0 saturated heterocycles. The van der Waals surface area contributed by atoms with Crippen molar-refractivity contribution >= 4 is 35.6 Å². The molecule has 200 valence electrons. The van der Waals surface area contributed by atoms with Gasteiger partial charge in [0.1, 0.15) is 0 Å². The van der Waals surface area contributed by atoms with Gasteiger partial charge >= 0.3 is 12.1 Å². The Balaban J connectivity index is 1.53. The van der Waals surface area contributed by atoms with E-state index in [-0.39, 0.29) is 25.3 Å². The number of hydrogen-bond acceptors (Lipinski definition) is 4. The predicted octanol–water partition coefficient (Wildman–Crippen LogP) is 4.36. The van der Waals surface area contributed by atoms with Gasteiger partial charge < -0.3 is 10.4 Å². The van der Waals surface area contributed by atoms with Crippen LogP contribution < -0.4 is 16.0 Å². The highest BCUT2D eigenvalue weighted by Gasteiger charge is 2.38. The summed E-state index contributed by atoms with van der Waals surface area (Å²) < 4.78 is 39.1. The fourth-order valence-electron chi connectivity index (χ4n) is 4.45. The van der Waals surface area contributed by atoms with Crippen LogP contribution in [0.2, 0.25) is 5.02 Å². The van der Waals surface area contributed by atoms with E-state index in [0.717, 1.165) is 11.6 Å². The lowest BCUT2D eigenvalue weighted by molar-refractivity contribution is -0.160. The molecule has 2 unspecified atom stereocenters. The molecule has 2 aliphatic carbocycles. The Morgan fingerprint density at radius 3 is 2.53 bits per heavy atom. The summed E-state index contributed by atoms with van der Waals surface area (Å²) in [6.45, 7) is 0.00905. The smallest absolute Gasteiger partial charge is 0.395 e. The number of nitrogens with zero attached hydrogens (tertiary/aromatic N) is 2. The molecule has 1 aromatic heterocycles. The van der Waals surface area contributed by atoms with Gasteiger partial charge in [0.15, 0.2) is 0 Å². The molecular formula is C28H27ClF3N3O3. The van der Waals surface area contributed by atoms with E-state index < -0.39 is 24.0 Å². The number of halogens is 4. The molecule has 10 heteroatoms. The van der Waals surface area contributed by atoms with Crippen molar-refractivity contribution in [1.29, 1.82) is 0 Å². The maximum atomic E-state index is 13.0. The van der Waals surface area contributed by atoms with E-state index in [4.69, 9.17) is 26.7 Å². The number of benzene rings is 1. The first-order chi connectivity index (χ1) is 18.1. The SMILES string of the molecule is O=C(O)CCCCc1nc2c(nc1-c1ccc(Cl)cc1)=CCC(C(=O)NCC1=CC(C(F)(F)F)CC=C1)C=2. The number of alkyl halides is 3. The minimum Gasteiger partial charge on any atom is -0.481 e. The first-order valence-corrected chi connectivity index (χ1v) is 12.8. The quantitative estimate of drug-likeness (QED) is 0.457. The predicted molar refractivity (Wildman–Crippen MR) is 138 cm³/mol. The van der Waals surface area contributed by atoms with Crippen LogP contribution in [0.15, 0.2) is 48.1 Å². The lowest BCUT2D eigenvalue weighted by atomic mass is 9.95. The van der Waals surface area contributed by atoms with E-state index in [1.54, 1.807) is 24.3 Å². The Labute approximate surface area is 222 Å². The first kappa shape index (κ1) is 27.6. The van der Waals surface area contributed by atoms with Gasteiger partial charge in [-0.25, -0.2) is 9.97 Å². The summed E-state index contributed by atoms with van der Waals surface area (Å²) in [5, 5.41) is 13.5. The van der Waals surface area contributed by atoms with Crippen molar-refractivity contribution < 1.29 is 27.9 Å². The molecule has 0 aliphatic heterocycles. The number of allylic oxidation sites excluding steroid dienone is 2. The average molecular weight is 546 g/mol. The van der Waals surface area contributed by atoms with Crippen LogP contribution in [0.1, 0.15) is 37.8 Å². The number of unbranched alkanes of at least 4 members (excludes halogenated alkanes) is 1. The molecule has 2 aliphatic rings. The molecule has 1 amide bonds. The topological polar surface area (TPSA) is 92.2 Å². The molecule has 2 N–H and O–H groups in total. The van der Waals surface area contributed by atoms with Crippen molar-refractivity contribution in [3.05, 3.63) is 69.5 Å². The number of fused-ring (bicyclic) bond motifs is 1. The van der Waals surface area contributed by atoms with Gasteiger partial charge in [-0.3, -0.25) is 9.59 Å². The second-order valence-corrected chi connectivity index (χ2v) is 9.79. The third-order valence-corrected chi connectivity index (χ3v) is 6.73. The van der Waals surface area contributed by atoms with Crippen LogP contribution in [0.25, 0.3) is 23.4 Å². The van der Waals surface area contributed by atoms with Gasteiger partial charge in [-0.05, 0) is 55.9 Å². The fraction of sp³-hybridized carbons (Fsp3) is 0.357. The van der Waals surface area contributed by atoms with E-state index in [2.05, 4.69) is 5.32 Å². The summed E-state index contributed by atoms with van der Waals surface area (Å²) in [4.78, 5) is 33.3. The van der Waals surface area contributed by atoms with Gasteiger partial charge in [0.05, 0.1) is 33.9 Å². The van der Waals surface area contributed by atoms with E-state index >= 15 is 0 Å². The summed E-state index contributed by atoms with van der Waals surface area (Å²) >= 11 is 6.04. The summed E-state index contributed by atoms with van der Waals surface area (Å²) in [5.41, 5.74) is 2.62. The van der Waals surface area contributed by atoms with E-state index in [9.17, 15) is 22.8 Å². The molecule has 1 heterocycles. The van der Waals surface area contributed by atoms with Crippen LogP contribution in [0, 0.1) is 11.8 Å². The van der Waals surface area contributed by atoms with Crippen molar-refractivity contribution in [3.63, 3.8) is 0 Å². The molecule has 0 saturated carbocycles. The number of amides is 1. The maximum absolute atomic E-state index is 13.0. The lowest BCUT2D eigenvalue weighted by Gasteiger charge is -2.20. The second-order valence-electron chi connectivity index (χ2n) is 9.36. The molecule has 0 spiro atoms. The highest BCUT2D eigenvalue weighted by Crippen LogP contribution is 2.33. The molecule has 6 nitrogen and oxygen atoms in total. The van der Waals surface area contributed by atoms with Gasteiger partial charge in [0.25, 0.3) is 0 Å². The van der Waals surface area contributed by atoms with E-state index in [0.29, 0.717) is 58.4 Å². The fourth-order valence-corrected chi connectivity index (χ4v) is 4.57. The van der Waals surface area contributed by atoms with Crippen molar-refractivity contribution in [1.82, 2.24) is 15.3 Å². The van der Waals surface area contributed by atoms with Crippen molar-refractivity contribution in [2.75, 3.05) is 6.54 Å². The number of aromatic nitrogens is 2. The number of aliphatic carboxylic acids is 1. The normalized spacial score (nSPS) is 18.6. The molecule has 4 rings (SSSR count). The van der Waals surface area contributed by atoms with Gasteiger partial charge in [0, 0.05) is 23.6 Å². The number of carboxylic acid groups (broad SMARTS) is 1. The van der Waals surface area contributed by atoms with Gasteiger partial charge in [-0.1, -0.05) is 48.0 Å². The van der Waals surface area contributed by atoms with Crippen LogP contribution in [0.4, 0.5) is 13.2 Å². The van der Waals surface area contributed by atoms with Gasteiger partial charge in [-0.2, -0.15) is 13.2 Å². The largest absolute Gasteiger partial charge is 0.481 e. The van der Waals surface area contributed by atoms with Gasteiger partial charge in [-0.15, -0.1) is 0 Å². The number of carbonyl (C=O) groups is 2. The van der Waals surface area contributed by atoms with E-state index in [1.165, 1.54) is 6.08 Å². The van der Waals surface area contributed by atoms with Crippen LogP contribution in [-0.2, 0) is 16.0 Å². The number of carbonyl (C=O) groups excluding carboxylic acids is 1. The Bertz CT molecular complexity index is 1390. The standard InChI is InChI=1S/C28H27ClF3N3O3/c29-21-11-8-18(9-12-21)26-23(6-1-2-7-25(36)37)34-24-15-19(10-13-22(24)35-26)27(38)33-16-17-4-3-5-20(14-17)28(30,31)32/h3-4,8-9,11-15,19-20H,1-2,5-7,10,16H2,(H,33,38)(H,36,37).